The Morgan fingerprint density at radius 1 is 1.18 bits per heavy atom. The Kier molecular flexibility index (Phi) is 11.2. The zero-order chi connectivity index (χ0) is 27.7. The first-order valence-electron chi connectivity index (χ1n) is 12.9. The van der Waals surface area contributed by atoms with E-state index in [1.807, 2.05) is 12.2 Å². The Bertz CT molecular complexity index is 1080. The highest BCUT2D eigenvalue weighted by Crippen LogP contribution is 2.32. The van der Waals surface area contributed by atoms with E-state index in [-0.39, 0.29) is 24.0 Å². The van der Waals surface area contributed by atoms with Crippen LogP contribution < -0.4 is 10.6 Å². The van der Waals surface area contributed by atoms with Crippen LogP contribution in [0.1, 0.15) is 51.9 Å². The number of carboxylic acid groups (broad SMARTS) is 1. The molecule has 0 radical (unpaired) electrons. The quantitative estimate of drug-likeness (QED) is 0.197. The number of amides is 2. The lowest BCUT2D eigenvalue weighted by Crippen LogP contribution is -2.46. The van der Waals surface area contributed by atoms with Crippen LogP contribution in [0.3, 0.4) is 0 Å². The van der Waals surface area contributed by atoms with Gasteiger partial charge in [-0.05, 0) is 55.7 Å². The molecule has 0 saturated heterocycles. The molecule has 38 heavy (non-hydrogen) atoms. The van der Waals surface area contributed by atoms with Crippen molar-refractivity contribution in [2.75, 3.05) is 7.11 Å². The number of oxime groups is 1. The summed E-state index contributed by atoms with van der Waals surface area (Å²) in [5, 5.41) is 19.1. The summed E-state index contributed by atoms with van der Waals surface area (Å²) in [6.45, 7) is 2.17. The van der Waals surface area contributed by atoms with Gasteiger partial charge in [0.15, 0.2) is 0 Å². The van der Waals surface area contributed by atoms with Crippen LogP contribution in [0.4, 0.5) is 0 Å². The summed E-state index contributed by atoms with van der Waals surface area (Å²) in [4.78, 5) is 42.8. The highest BCUT2D eigenvalue weighted by molar-refractivity contribution is 6.39. The third kappa shape index (κ3) is 8.08. The molecule has 2 unspecified atom stereocenters. The van der Waals surface area contributed by atoms with Crippen molar-refractivity contribution in [3.05, 3.63) is 58.8 Å². The van der Waals surface area contributed by atoms with Gasteiger partial charge >= 0.3 is 5.97 Å². The zero-order valence-corrected chi connectivity index (χ0v) is 23.2. The summed E-state index contributed by atoms with van der Waals surface area (Å²) in [5.74, 6) is -2.11. The molecule has 0 aromatic heterocycles. The van der Waals surface area contributed by atoms with Gasteiger partial charge in [-0.15, -0.1) is 11.6 Å². The molecule has 0 spiro atoms. The van der Waals surface area contributed by atoms with Crippen molar-refractivity contribution in [3.63, 3.8) is 0 Å². The Labute approximate surface area is 233 Å². The lowest BCUT2D eigenvalue weighted by molar-refractivity contribution is -0.141. The molecule has 2 amide bonds. The first-order valence-corrected chi connectivity index (χ1v) is 13.8. The van der Waals surface area contributed by atoms with Gasteiger partial charge in [0.25, 0.3) is 5.91 Å². The van der Waals surface area contributed by atoms with Gasteiger partial charge in [0.05, 0.1) is 11.3 Å². The van der Waals surface area contributed by atoms with Gasteiger partial charge < -0.3 is 20.6 Å². The Hall–Kier alpha value is -2.84. The number of halogens is 2. The second-order valence-electron chi connectivity index (χ2n) is 9.71. The maximum absolute atomic E-state index is 13.1. The molecule has 3 aliphatic carbocycles. The topological polar surface area (TPSA) is 117 Å². The fourth-order valence-electron chi connectivity index (χ4n) is 4.94. The number of alkyl halides is 1. The molecular formula is C28H35Cl2N3O5. The van der Waals surface area contributed by atoms with Crippen LogP contribution in [0.15, 0.2) is 64.0 Å². The largest absolute Gasteiger partial charge is 0.480 e. The van der Waals surface area contributed by atoms with Crippen molar-refractivity contribution in [2.45, 2.75) is 63.3 Å². The number of aliphatic carboxylic acids is 1. The van der Waals surface area contributed by atoms with E-state index in [4.69, 9.17) is 28.0 Å². The summed E-state index contributed by atoms with van der Waals surface area (Å²) < 4.78 is 0. The van der Waals surface area contributed by atoms with Crippen molar-refractivity contribution >= 4 is 46.7 Å². The van der Waals surface area contributed by atoms with E-state index in [9.17, 15) is 19.5 Å². The number of hydrogen-bond acceptors (Lipinski definition) is 5. The van der Waals surface area contributed by atoms with Crippen LogP contribution in [-0.4, -0.2) is 47.1 Å². The smallest absolute Gasteiger partial charge is 0.326 e. The van der Waals surface area contributed by atoms with Crippen LogP contribution in [0.5, 0.6) is 0 Å². The predicted molar refractivity (Wildman–Crippen MR) is 149 cm³/mol. The van der Waals surface area contributed by atoms with Crippen molar-refractivity contribution < 1.29 is 24.3 Å². The molecule has 10 heteroatoms. The highest BCUT2D eigenvalue weighted by Gasteiger charge is 2.32. The van der Waals surface area contributed by atoms with E-state index in [1.165, 1.54) is 7.11 Å². The molecule has 0 aromatic carbocycles. The molecule has 8 nitrogen and oxygen atoms in total. The van der Waals surface area contributed by atoms with E-state index in [0.29, 0.717) is 28.6 Å². The fraction of sp³-hybridized carbons (Fsp3) is 0.500. The number of carbonyl (C=O) groups is 3. The molecule has 3 rings (SSSR count). The number of carbonyl (C=O) groups excluding carboxylic acids is 2. The first-order chi connectivity index (χ1) is 18.2. The van der Waals surface area contributed by atoms with Crippen LogP contribution in [-0.2, 0) is 19.2 Å². The van der Waals surface area contributed by atoms with Gasteiger partial charge in [-0.3, -0.25) is 9.59 Å². The van der Waals surface area contributed by atoms with E-state index >= 15 is 0 Å². The number of nitrogens with zero attached hydrogens (tertiary/aromatic N) is 1. The predicted octanol–water partition coefficient (Wildman–Crippen LogP) is 4.97. The molecule has 206 valence electrons. The highest BCUT2D eigenvalue weighted by atomic mass is 35.5. The van der Waals surface area contributed by atoms with Crippen molar-refractivity contribution in [2.24, 2.45) is 22.9 Å². The molecule has 1 saturated carbocycles. The number of hydrogen-bond donors (Lipinski definition) is 3. The minimum absolute atomic E-state index is 0.0601. The molecular weight excluding hydrogens is 529 g/mol. The first kappa shape index (κ1) is 29.7. The average Bonchev–Trinajstić information content (AvgIpc) is 3.11. The van der Waals surface area contributed by atoms with Crippen LogP contribution in [0.25, 0.3) is 0 Å². The Balaban J connectivity index is 1.61. The van der Waals surface area contributed by atoms with Gasteiger partial charge in [-0.25, -0.2) is 4.79 Å². The van der Waals surface area contributed by atoms with E-state index < -0.39 is 29.2 Å². The second-order valence-corrected chi connectivity index (χ2v) is 10.6. The lowest BCUT2D eigenvalue weighted by atomic mass is 9.78. The molecule has 0 aromatic rings. The second kappa shape index (κ2) is 14.4. The Morgan fingerprint density at radius 2 is 1.92 bits per heavy atom. The average molecular weight is 565 g/mol. The van der Waals surface area contributed by atoms with E-state index in [1.54, 1.807) is 30.4 Å². The van der Waals surface area contributed by atoms with Gasteiger partial charge in [-0.2, -0.15) is 0 Å². The maximum atomic E-state index is 13.1. The molecule has 3 N–H and O–H groups in total. The molecule has 1 fully saturated rings. The van der Waals surface area contributed by atoms with Gasteiger partial charge in [0.2, 0.25) is 5.91 Å². The summed E-state index contributed by atoms with van der Waals surface area (Å²) in [7, 11) is 1.38. The maximum Gasteiger partial charge on any atom is 0.326 e. The number of allylic oxidation sites excluding steroid dienone is 7. The standard InChI is InChI=1S/C28H35Cl2N3O5/c1-3-17-10-13-19(14-11-17)25(33-38-2)27(35)32-23(28(36)37)16-18-6-4-7-20(15-12-18)31-26(34)24-21(29)8-5-9-22(24)30/h5-9,12,15,17,19,21,23-24H,3-4,10-11,13-14,16H2,1-2H3,(H,31,34)(H,32,35)(H,36,37)/b33-25+/t17?,19?,21?,23-,24?/m0/s1. The monoisotopic (exact) mass is 563 g/mol. The SMILES string of the molecule is CCC1CCC(/C(=N\OC)C(=O)N[C@@H](CC2=CCC=C(NC(=O)C3C(Cl)=CC=CC3Cl)C=C2)C(=O)O)CC1. The summed E-state index contributed by atoms with van der Waals surface area (Å²) in [6.07, 6.45) is 17.4. The zero-order valence-electron chi connectivity index (χ0n) is 21.7. The van der Waals surface area contributed by atoms with Gasteiger partial charge in [0.1, 0.15) is 18.9 Å². The summed E-state index contributed by atoms with van der Waals surface area (Å²) in [5.41, 5.74) is 1.51. The molecule has 0 heterocycles. The molecule has 3 atom stereocenters. The third-order valence-corrected chi connectivity index (χ3v) is 7.95. The van der Waals surface area contributed by atoms with Crippen LogP contribution >= 0.6 is 23.2 Å². The van der Waals surface area contributed by atoms with Crippen molar-refractivity contribution in [3.8, 4) is 0 Å². The molecule has 0 aliphatic heterocycles. The summed E-state index contributed by atoms with van der Waals surface area (Å²) in [6, 6.07) is -1.15. The van der Waals surface area contributed by atoms with Crippen LogP contribution in [0, 0.1) is 17.8 Å². The van der Waals surface area contributed by atoms with Crippen molar-refractivity contribution in [1.29, 1.82) is 0 Å². The summed E-state index contributed by atoms with van der Waals surface area (Å²) >= 11 is 12.4. The van der Waals surface area contributed by atoms with Crippen molar-refractivity contribution in [1.82, 2.24) is 10.6 Å². The number of carboxylic acids is 1. The van der Waals surface area contributed by atoms with Gasteiger partial charge in [-0.1, -0.05) is 60.5 Å². The lowest BCUT2D eigenvalue weighted by Gasteiger charge is -2.28. The third-order valence-electron chi connectivity index (χ3n) is 7.19. The van der Waals surface area contributed by atoms with Crippen LogP contribution in [0.2, 0.25) is 0 Å². The minimum atomic E-state index is -1.15. The van der Waals surface area contributed by atoms with E-state index in [0.717, 1.165) is 32.1 Å². The number of rotatable bonds is 10. The fourth-order valence-corrected chi connectivity index (χ4v) is 5.64. The normalized spacial score (nSPS) is 26.3. The molecule has 0 bridgehead atoms. The minimum Gasteiger partial charge on any atom is -0.480 e. The number of nitrogens with one attached hydrogen (secondary N) is 2. The Morgan fingerprint density at radius 3 is 2.55 bits per heavy atom. The van der Waals surface area contributed by atoms with E-state index in [2.05, 4.69) is 22.7 Å². The van der Waals surface area contributed by atoms with Gasteiger partial charge in [0, 0.05) is 23.1 Å². The molecule has 3 aliphatic rings.